The molecule has 0 bridgehead atoms. The number of halogens is 1. The van der Waals surface area contributed by atoms with Gasteiger partial charge in [-0.2, -0.15) is 0 Å². The number of guanidine groups is 1. The molecule has 152 valence electrons. The number of nitrogens with zero attached hydrogens (tertiary/aromatic N) is 2. The van der Waals surface area contributed by atoms with Crippen LogP contribution in [-0.4, -0.2) is 71.5 Å². The molecule has 8 heteroatoms. The number of ether oxygens (including phenoxy) is 3. The Morgan fingerprint density at radius 3 is 2.56 bits per heavy atom. The Hall–Kier alpha value is -1.52. The number of benzene rings is 1. The maximum Gasteiger partial charge on any atom is 0.191 e. The SMILES string of the molecule is C=CCNC(=NC)NCC(c1ccc(OC)c(OC)c1)N1CCOCC1.I. The molecule has 0 radical (unpaired) electrons. The van der Waals surface area contributed by atoms with Gasteiger partial charge in [-0.25, -0.2) is 0 Å². The number of aliphatic imine (C=N–C) groups is 1. The molecule has 1 unspecified atom stereocenters. The van der Waals surface area contributed by atoms with E-state index in [0.717, 1.165) is 49.3 Å². The molecule has 1 aliphatic rings. The molecule has 1 aliphatic heterocycles. The quantitative estimate of drug-likeness (QED) is 0.252. The van der Waals surface area contributed by atoms with Crippen LogP contribution in [0.5, 0.6) is 11.5 Å². The van der Waals surface area contributed by atoms with E-state index in [4.69, 9.17) is 14.2 Å². The molecule has 0 aliphatic carbocycles. The van der Waals surface area contributed by atoms with E-state index in [-0.39, 0.29) is 30.0 Å². The summed E-state index contributed by atoms with van der Waals surface area (Å²) in [5, 5.41) is 6.61. The first-order valence-corrected chi connectivity index (χ1v) is 8.82. The highest BCUT2D eigenvalue weighted by atomic mass is 127. The number of rotatable bonds is 8. The fourth-order valence-corrected chi connectivity index (χ4v) is 2.99. The van der Waals surface area contributed by atoms with E-state index in [1.807, 2.05) is 12.1 Å². The van der Waals surface area contributed by atoms with Crippen LogP contribution < -0.4 is 20.1 Å². The zero-order valence-corrected chi connectivity index (χ0v) is 18.7. The fourth-order valence-electron chi connectivity index (χ4n) is 2.99. The van der Waals surface area contributed by atoms with Crippen molar-refractivity contribution in [1.82, 2.24) is 15.5 Å². The van der Waals surface area contributed by atoms with E-state index in [0.29, 0.717) is 13.1 Å². The molecule has 7 nitrogen and oxygen atoms in total. The normalized spacial score (nSPS) is 16.0. The Morgan fingerprint density at radius 2 is 1.96 bits per heavy atom. The number of nitrogens with one attached hydrogen (secondary N) is 2. The topological polar surface area (TPSA) is 67.4 Å². The van der Waals surface area contributed by atoms with Gasteiger partial charge >= 0.3 is 0 Å². The highest BCUT2D eigenvalue weighted by Crippen LogP contribution is 2.32. The standard InChI is InChI=1S/C19H30N4O3.HI/c1-5-8-21-19(20-2)22-14-16(23-9-11-26-12-10-23)15-6-7-17(24-3)18(13-15)25-4;/h5-7,13,16H,1,8-12,14H2,2-4H3,(H2,20,21,22);1H. The average molecular weight is 490 g/mol. The summed E-state index contributed by atoms with van der Waals surface area (Å²) in [6.45, 7) is 8.37. The van der Waals surface area contributed by atoms with E-state index in [9.17, 15) is 0 Å². The summed E-state index contributed by atoms with van der Waals surface area (Å²) in [5.41, 5.74) is 1.16. The van der Waals surface area contributed by atoms with Crippen LogP contribution in [0.3, 0.4) is 0 Å². The highest BCUT2D eigenvalue weighted by Gasteiger charge is 2.24. The minimum absolute atomic E-state index is 0. The van der Waals surface area contributed by atoms with Crippen molar-refractivity contribution in [3.05, 3.63) is 36.4 Å². The lowest BCUT2D eigenvalue weighted by Gasteiger charge is -2.35. The van der Waals surface area contributed by atoms with Crippen molar-refractivity contribution in [2.24, 2.45) is 4.99 Å². The van der Waals surface area contributed by atoms with Gasteiger partial charge in [-0.1, -0.05) is 12.1 Å². The molecule has 0 amide bonds. The van der Waals surface area contributed by atoms with Crippen LogP contribution in [0.2, 0.25) is 0 Å². The second-order valence-electron chi connectivity index (χ2n) is 5.90. The molecule has 2 rings (SSSR count). The van der Waals surface area contributed by atoms with Crippen LogP contribution >= 0.6 is 24.0 Å². The Kier molecular flexibility index (Phi) is 11.1. The fraction of sp³-hybridized carbons (Fsp3) is 0.526. The predicted octanol–water partition coefficient (Wildman–Crippen LogP) is 2.05. The van der Waals surface area contributed by atoms with Gasteiger partial charge in [-0.15, -0.1) is 30.6 Å². The van der Waals surface area contributed by atoms with Gasteiger partial charge in [0, 0.05) is 33.2 Å². The first kappa shape index (κ1) is 23.5. The van der Waals surface area contributed by atoms with Crippen molar-refractivity contribution in [1.29, 1.82) is 0 Å². The number of hydrogen-bond acceptors (Lipinski definition) is 5. The van der Waals surface area contributed by atoms with Crippen molar-refractivity contribution in [3.8, 4) is 11.5 Å². The van der Waals surface area contributed by atoms with E-state index >= 15 is 0 Å². The van der Waals surface area contributed by atoms with Crippen LogP contribution in [0, 0.1) is 0 Å². The molecule has 2 N–H and O–H groups in total. The second kappa shape index (κ2) is 12.8. The summed E-state index contributed by atoms with van der Waals surface area (Å²) < 4.78 is 16.4. The lowest BCUT2D eigenvalue weighted by Crippen LogP contribution is -2.46. The van der Waals surface area contributed by atoms with Crippen molar-refractivity contribution in [2.75, 3.05) is 60.7 Å². The van der Waals surface area contributed by atoms with Gasteiger partial charge in [-0.05, 0) is 17.7 Å². The molecule has 1 heterocycles. The van der Waals surface area contributed by atoms with Crippen LogP contribution in [0.15, 0.2) is 35.8 Å². The molecule has 0 spiro atoms. The van der Waals surface area contributed by atoms with Crippen LogP contribution in [0.1, 0.15) is 11.6 Å². The Bertz CT molecular complexity index is 607. The van der Waals surface area contributed by atoms with E-state index < -0.39 is 0 Å². The summed E-state index contributed by atoms with van der Waals surface area (Å²) in [4.78, 5) is 6.67. The van der Waals surface area contributed by atoms with Crippen molar-refractivity contribution in [2.45, 2.75) is 6.04 Å². The third-order valence-corrected chi connectivity index (χ3v) is 4.38. The van der Waals surface area contributed by atoms with E-state index in [1.165, 1.54) is 0 Å². The Labute approximate surface area is 179 Å². The summed E-state index contributed by atoms with van der Waals surface area (Å²) in [7, 11) is 5.07. The maximum absolute atomic E-state index is 5.51. The number of morpholine rings is 1. The molecule has 0 saturated carbocycles. The van der Waals surface area contributed by atoms with Gasteiger partial charge in [0.25, 0.3) is 0 Å². The molecule has 1 aromatic carbocycles. The maximum atomic E-state index is 5.51. The Balaban J connectivity index is 0.00000364. The summed E-state index contributed by atoms with van der Waals surface area (Å²) in [6.07, 6.45) is 1.81. The van der Waals surface area contributed by atoms with Crippen molar-refractivity contribution >= 4 is 29.9 Å². The molecule has 0 aromatic heterocycles. The third-order valence-electron chi connectivity index (χ3n) is 4.38. The van der Waals surface area contributed by atoms with Crippen LogP contribution in [0.4, 0.5) is 0 Å². The van der Waals surface area contributed by atoms with E-state index in [1.54, 1.807) is 27.3 Å². The third kappa shape index (κ3) is 6.86. The second-order valence-corrected chi connectivity index (χ2v) is 5.90. The van der Waals surface area contributed by atoms with Crippen LogP contribution in [-0.2, 0) is 4.74 Å². The summed E-state index contributed by atoms with van der Waals surface area (Å²) in [6, 6.07) is 6.25. The van der Waals surface area contributed by atoms with Gasteiger partial charge < -0.3 is 24.8 Å². The van der Waals surface area contributed by atoms with Crippen molar-refractivity contribution in [3.63, 3.8) is 0 Å². The van der Waals surface area contributed by atoms with E-state index in [2.05, 4.69) is 33.2 Å². The monoisotopic (exact) mass is 490 g/mol. The summed E-state index contributed by atoms with van der Waals surface area (Å²) >= 11 is 0. The van der Waals surface area contributed by atoms with Gasteiger partial charge in [0.05, 0.1) is 33.5 Å². The smallest absolute Gasteiger partial charge is 0.191 e. The zero-order valence-electron chi connectivity index (χ0n) is 16.4. The molecule has 1 atom stereocenters. The largest absolute Gasteiger partial charge is 0.493 e. The molecule has 1 aromatic rings. The number of hydrogen-bond donors (Lipinski definition) is 2. The highest BCUT2D eigenvalue weighted by molar-refractivity contribution is 14.0. The molecule has 27 heavy (non-hydrogen) atoms. The average Bonchev–Trinajstić information content (AvgIpc) is 2.71. The lowest BCUT2D eigenvalue weighted by molar-refractivity contribution is 0.0169. The number of methoxy groups -OCH3 is 2. The first-order valence-electron chi connectivity index (χ1n) is 8.82. The minimum Gasteiger partial charge on any atom is -0.493 e. The van der Waals surface area contributed by atoms with Gasteiger partial charge in [-0.3, -0.25) is 9.89 Å². The molecule has 1 fully saturated rings. The Morgan fingerprint density at radius 1 is 1.26 bits per heavy atom. The van der Waals surface area contributed by atoms with Gasteiger partial charge in [0.15, 0.2) is 17.5 Å². The summed E-state index contributed by atoms with van der Waals surface area (Å²) in [5.74, 6) is 2.22. The van der Waals surface area contributed by atoms with Crippen LogP contribution in [0.25, 0.3) is 0 Å². The predicted molar refractivity (Wildman–Crippen MR) is 120 cm³/mol. The molecular formula is C19H31IN4O3. The van der Waals surface area contributed by atoms with Gasteiger partial charge in [0.2, 0.25) is 0 Å². The first-order chi connectivity index (χ1) is 12.7. The van der Waals surface area contributed by atoms with Gasteiger partial charge in [0.1, 0.15) is 0 Å². The molecular weight excluding hydrogens is 459 g/mol. The minimum atomic E-state index is 0. The lowest BCUT2D eigenvalue weighted by atomic mass is 10.0. The zero-order chi connectivity index (χ0) is 18.8. The molecule has 1 saturated heterocycles. The van der Waals surface area contributed by atoms with Crippen molar-refractivity contribution < 1.29 is 14.2 Å².